The molecule has 2 rings (SSSR count). The van der Waals surface area contributed by atoms with Crippen molar-refractivity contribution in [3.8, 4) is 0 Å². The molecule has 112 valence electrons. The molecule has 20 heavy (non-hydrogen) atoms. The molecule has 0 saturated carbocycles. The standard InChI is InChI=1S/C15H21F3N2/c1-12-11-20(9-5-8-15(16,17)18)14(10-19-12)13-6-3-2-4-7-13/h2-4,6-7,12,14,19H,5,8-11H2,1H3. The van der Waals surface area contributed by atoms with Gasteiger partial charge in [0.15, 0.2) is 0 Å². The Morgan fingerprint density at radius 3 is 2.60 bits per heavy atom. The van der Waals surface area contributed by atoms with Crippen molar-refractivity contribution in [2.24, 2.45) is 0 Å². The number of hydrogen-bond donors (Lipinski definition) is 1. The Labute approximate surface area is 118 Å². The second kappa shape index (κ2) is 6.59. The minimum atomic E-state index is -4.05. The lowest BCUT2D eigenvalue weighted by Gasteiger charge is -2.39. The number of halogens is 3. The number of nitrogens with one attached hydrogen (secondary N) is 1. The molecule has 1 aromatic carbocycles. The van der Waals surface area contributed by atoms with Gasteiger partial charge in [-0.2, -0.15) is 13.2 Å². The summed E-state index contributed by atoms with van der Waals surface area (Å²) in [5.74, 6) is 0. The van der Waals surface area contributed by atoms with Crippen molar-refractivity contribution in [1.29, 1.82) is 0 Å². The molecule has 1 aliphatic rings. The lowest BCUT2D eigenvalue weighted by atomic mass is 10.0. The Morgan fingerprint density at radius 2 is 1.95 bits per heavy atom. The maximum absolute atomic E-state index is 12.3. The molecule has 0 amide bonds. The molecule has 1 heterocycles. The first kappa shape index (κ1) is 15.3. The molecule has 5 heteroatoms. The Kier molecular flexibility index (Phi) is 5.05. The van der Waals surface area contributed by atoms with Gasteiger partial charge >= 0.3 is 6.18 Å². The zero-order valence-electron chi connectivity index (χ0n) is 11.7. The van der Waals surface area contributed by atoms with Gasteiger partial charge in [0.25, 0.3) is 0 Å². The molecule has 0 bridgehead atoms. The van der Waals surface area contributed by atoms with Crippen LogP contribution in [0.25, 0.3) is 0 Å². The van der Waals surface area contributed by atoms with Crippen molar-refractivity contribution in [2.75, 3.05) is 19.6 Å². The number of benzene rings is 1. The fraction of sp³-hybridized carbons (Fsp3) is 0.600. The molecule has 2 atom stereocenters. The predicted octanol–water partition coefficient (Wildman–Crippen LogP) is 3.36. The number of nitrogens with zero attached hydrogens (tertiary/aromatic N) is 1. The third kappa shape index (κ3) is 4.49. The van der Waals surface area contributed by atoms with Gasteiger partial charge in [-0.15, -0.1) is 0 Å². The molecule has 1 fully saturated rings. The highest BCUT2D eigenvalue weighted by molar-refractivity contribution is 5.20. The van der Waals surface area contributed by atoms with Crippen LogP contribution in [0.2, 0.25) is 0 Å². The second-order valence-electron chi connectivity index (χ2n) is 5.45. The van der Waals surface area contributed by atoms with E-state index in [1.807, 2.05) is 30.3 Å². The summed E-state index contributed by atoms with van der Waals surface area (Å²) >= 11 is 0. The average molecular weight is 286 g/mol. The Morgan fingerprint density at radius 1 is 1.25 bits per heavy atom. The summed E-state index contributed by atoms with van der Waals surface area (Å²) in [6.45, 7) is 4.14. The summed E-state index contributed by atoms with van der Waals surface area (Å²) in [6, 6.07) is 10.5. The Hall–Kier alpha value is -1.07. The lowest BCUT2D eigenvalue weighted by Crippen LogP contribution is -2.51. The maximum atomic E-state index is 12.3. The maximum Gasteiger partial charge on any atom is 0.389 e. The molecule has 2 unspecified atom stereocenters. The monoisotopic (exact) mass is 286 g/mol. The number of hydrogen-bond acceptors (Lipinski definition) is 2. The van der Waals surface area contributed by atoms with E-state index in [1.54, 1.807) is 0 Å². The molecule has 1 N–H and O–H groups in total. The average Bonchev–Trinajstić information content (AvgIpc) is 2.38. The highest BCUT2D eigenvalue weighted by Gasteiger charge is 2.30. The molecule has 2 nitrogen and oxygen atoms in total. The molecule has 0 spiro atoms. The summed E-state index contributed by atoms with van der Waals surface area (Å²) in [4.78, 5) is 2.17. The third-order valence-corrected chi connectivity index (χ3v) is 3.70. The van der Waals surface area contributed by atoms with Gasteiger partial charge in [-0.3, -0.25) is 4.90 Å². The molecule has 0 aliphatic carbocycles. The zero-order chi connectivity index (χ0) is 14.6. The van der Waals surface area contributed by atoms with Gasteiger partial charge in [-0.1, -0.05) is 30.3 Å². The van der Waals surface area contributed by atoms with Gasteiger partial charge in [0.2, 0.25) is 0 Å². The van der Waals surface area contributed by atoms with E-state index in [1.165, 1.54) is 5.56 Å². The van der Waals surface area contributed by atoms with Crippen LogP contribution in [0.4, 0.5) is 13.2 Å². The molecule has 0 radical (unpaired) electrons. The number of rotatable bonds is 4. The third-order valence-electron chi connectivity index (χ3n) is 3.70. The highest BCUT2D eigenvalue weighted by Crippen LogP contribution is 2.26. The van der Waals surface area contributed by atoms with Gasteiger partial charge in [-0.05, 0) is 25.5 Å². The van der Waals surface area contributed by atoms with Gasteiger partial charge in [0.05, 0.1) is 0 Å². The van der Waals surface area contributed by atoms with Crippen molar-refractivity contribution >= 4 is 0 Å². The van der Waals surface area contributed by atoms with Crippen LogP contribution in [-0.4, -0.2) is 36.8 Å². The Bertz CT molecular complexity index is 405. The van der Waals surface area contributed by atoms with Crippen LogP contribution >= 0.6 is 0 Å². The van der Waals surface area contributed by atoms with Gasteiger partial charge in [-0.25, -0.2) is 0 Å². The summed E-state index contributed by atoms with van der Waals surface area (Å²) in [6.07, 6.45) is -4.59. The van der Waals surface area contributed by atoms with E-state index in [2.05, 4.69) is 17.1 Å². The summed E-state index contributed by atoms with van der Waals surface area (Å²) in [7, 11) is 0. The normalized spacial score (nSPS) is 24.8. The SMILES string of the molecule is CC1CN(CCCC(F)(F)F)C(c2ccccc2)CN1. The van der Waals surface area contributed by atoms with Crippen molar-refractivity contribution in [2.45, 2.75) is 38.0 Å². The minimum absolute atomic E-state index is 0.166. The highest BCUT2D eigenvalue weighted by atomic mass is 19.4. The number of piperazine rings is 1. The van der Waals surface area contributed by atoms with E-state index < -0.39 is 12.6 Å². The van der Waals surface area contributed by atoms with Crippen LogP contribution in [0.5, 0.6) is 0 Å². The Balaban J connectivity index is 1.98. The van der Waals surface area contributed by atoms with E-state index in [-0.39, 0.29) is 12.5 Å². The topological polar surface area (TPSA) is 15.3 Å². The molecule has 0 aromatic heterocycles. The van der Waals surface area contributed by atoms with E-state index >= 15 is 0 Å². The van der Waals surface area contributed by atoms with Crippen LogP contribution in [0.3, 0.4) is 0 Å². The van der Waals surface area contributed by atoms with Gasteiger partial charge in [0, 0.05) is 31.6 Å². The summed E-state index contributed by atoms with van der Waals surface area (Å²) in [5.41, 5.74) is 1.17. The predicted molar refractivity (Wildman–Crippen MR) is 73.5 cm³/mol. The van der Waals surface area contributed by atoms with Crippen molar-refractivity contribution < 1.29 is 13.2 Å². The van der Waals surface area contributed by atoms with Crippen LogP contribution in [0.1, 0.15) is 31.4 Å². The van der Waals surface area contributed by atoms with E-state index in [9.17, 15) is 13.2 Å². The molecular weight excluding hydrogens is 265 g/mol. The molecule has 1 saturated heterocycles. The van der Waals surface area contributed by atoms with E-state index in [4.69, 9.17) is 0 Å². The van der Waals surface area contributed by atoms with Crippen LogP contribution in [0.15, 0.2) is 30.3 Å². The lowest BCUT2D eigenvalue weighted by molar-refractivity contribution is -0.136. The second-order valence-corrected chi connectivity index (χ2v) is 5.45. The number of alkyl halides is 3. The largest absolute Gasteiger partial charge is 0.389 e. The van der Waals surface area contributed by atoms with Gasteiger partial charge in [0.1, 0.15) is 0 Å². The fourth-order valence-electron chi connectivity index (χ4n) is 2.72. The minimum Gasteiger partial charge on any atom is -0.311 e. The molecule has 1 aliphatic heterocycles. The first-order valence-electron chi connectivity index (χ1n) is 7.05. The van der Waals surface area contributed by atoms with E-state index in [0.29, 0.717) is 12.6 Å². The first-order chi connectivity index (χ1) is 9.46. The molecule has 1 aromatic rings. The van der Waals surface area contributed by atoms with E-state index in [0.717, 1.165) is 13.1 Å². The zero-order valence-corrected chi connectivity index (χ0v) is 11.7. The van der Waals surface area contributed by atoms with Crippen LogP contribution < -0.4 is 5.32 Å². The van der Waals surface area contributed by atoms with Crippen molar-refractivity contribution in [3.05, 3.63) is 35.9 Å². The van der Waals surface area contributed by atoms with Crippen molar-refractivity contribution in [3.63, 3.8) is 0 Å². The first-order valence-corrected chi connectivity index (χ1v) is 7.05. The fourth-order valence-corrected chi connectivity index (χ4v) is 2.72. The summed E-state index contributed by atoms with van der Waals surface area (Å²) in [5, 5.41) is 3.40. The smallest absolute Gasteiger partial charge is 0.311 e. The van der Waals surface area contributed by atoms with Crippen molar-refractivity contribution in [1.82, 2.24) is 10.2 Å². The quantitative estimate of drug-likeness (QED) is 0.913. The van der Waals surface area contributed by atoms with Gasteiger partial charge < -0.3 is 5.32 Å². The summed E-state index contributed by atoms with van der Waals surface area (Å²) < 4.78 is 36.8. The molecular formula is C15H21F3N2. The van der Waals surface area contributed by atoms with Crippen LogP contribution in [-0.2, 0) is 0 Å². The van der Waals surface area contributed by atoms with Crippen LogP contribution in [0, 0.1) is 0 Å².